The van der Waals surface area contributed by atoms with Crippen LogP contribution in [0.3, 0.4) is 0 Å². The van der Waals surface area contributed by atoms with E-state index in [2.05, 4.69) is 35.4 Å². The van der Waals surface area contributed by atoms with Gasteiger partial charge in [-0.3, -0.25) is 0 Å². The Morgan fingerprint density at radius 2 is 1.82 bits per heavy atom. The van der Waals surface area contributed by atoms with E-state index >= 15 is 0 Å². The van der Waals surface area contributed by atoms with E-state index in [1.165, 1.54) is 30.3 Å². The lowest BCUT2D eigenvalue weighted by Crippen LogP contribution is -2.33. The molecule has 15 heteroatoms. The zero-order chi connectivity index (χ0) is 24.2. The maximum atomic E-state index is 12.9. The van der Waals surface area contributed by atoms with E-state index in [-0.39, 0.29) is 11.8 Å². The van der Waals surface area contributed by atoms with Crippen molar-refractivity contribution in [3.05, 3.63) is 54.4 Å². The molecule has 33 heavy (non-hydrogen) atoms. The summed E-state index contributed by atoms with van der Waals surface area (Å²) in [6, 6.07) is 1.60. The van der Waals surface area contributed by atoms with Crippen molar-refractivity contribution >= 4 is 11.7 Å². The number of nitrogens with zero attached hydrogens (tertiary/aromatic N) is 5. The Bertz CT molecular complexity index is 1100. The van der Waals surface area contributed by atoms with Crippen molar-refractivity contribution < 1.29 is 35.9 Å². The van der Waals surface area contributed by atoms with Crippen LogP contribution in [0.2, 0.25) is 0 Å². The van der Waals surface area contributed by atoms with Crippen LogP contribution >= 0.6 is 0 Å². The van der Waals surface area contributed by atoms with Crippen molar-refractivity contribution in [3.8, 4) is 11.7 Å². The summed E-state index contributed by atoms with van der Waals surface area (Å²) in [4.78, 5) is 24.4. The Hall–Kier alpha value is -3.91. The SMILES string of the molecule is CC(NC(=O)Nc1ccc(C(F)(F)F)cc1OCC(F)(F)F)c1ncnn1-c1ncccn1. The van der Waals surface area contributed by atoms with Crippen LogP contribution < -0.4 is 15.4 Å². The lowest BCUT2D eigenvalue weighted by molar-refractivity contribution is -0.153. The highest BCUT2D eigenvalue weighted by Crippen LogP contribution is 2.36. The summed E-state index contributed by atoms with van der Waals surface area (Å²) in [7, 11) is 0. The second kappa shape index (κ2) is 9.30. The summed E-state index contributed by atoms with van der Waals surface area (Å²) in [6.07, 6.45) is -5.50. The summed E-state index contributed by atoms with van der Waals surface area (Å²) in [6.45, 7) is -0.321. The molecule has 176 valence electrons. The fourth-order valence-corrected chi connectivity index (χ4v) is 2.60. The van der Waals surface area contributed by atoms with Crippen LogP contribution in [0.5, 0.6) is 5.75 Å². The zero-order valence-corrected chi connectivity index (χ0v) is 16.6. The van der Waals surface area contributed by atoms with Crippen molar-refractivity contribution in [3.63, 3.8) is 0 Å². The highest BCUT2D eigenvalue weighted by Gasteiger charge is 2.33. The molecule has 0 fully saturated rings. The molecule has 0 aliphatic rings. The summed E-state index contributed by atoms with van der Waals surface area (Å²) in [5, 5.41) is 8.60. The Morgan fingerprint density at radius 3 is 2.45 bits per heavy atom. The van der Waals surface area contributed by atoms with Crippen molar-refractivity contribution in [2.75, 3.05) is 11.9 Å². The number of urea groups is 1. The second-order valence-corrected chi connectivity index (χ2v) is 6.51. The minimum absolute atomic E-state index is 0.171. The number of alkyl halides is 6. The number of halogens is 6. The maximum absolute atomic E-state index is 12.9. The molecule has 0 bridgehead atoms. The topological polar surface area (TPSA) is 107 Å². The monoisotopic (exact) mass is 475 g/mol. The first-order valence-electron chi connectivity index (χ1n) is 9.09. The average Bonchev–Trinajstić information content (AvgIpc) is 3.22. The van der Waals surface area contributed by atoms with Gasteiger partial charge in [0, 0.05) is 12.4 Å². The molecule has 2 heterocycles. The van der Waals surface area contributed by atoms with Crippen molar-refractivity contribution in [2.24, 2.45) is 0 Å². The van der Waals surface area contributed by atoms with Gasteiger partial charge in [-0.25, -0.2) is 19.7 Å². The number of aromatic nitrogens is 5. The van der Waals surface area contributed by atoms with Gasteiger partial charge in [0.15, 0.2) is 12.4 Å². The summed E-state index contributed by atoms with van der Waals surface area (Å²) < 4.78 is 82.1. The minimum Gasteiger partial charge on any atom is -0.482 e. The Balaban J connectivity index is 1.76. The molecule has 0 aliphatic carbocycles. The van der Waals surface area contributed by atoms with Crippen molar-refractivity contribution in [1.82, 2.24) is 30.0 Å². The molecule has 3 rings (SSSR count). The molecule has 0 radical (unpaired) electrons. The molecular formula is C18H15F6N7O2. The number of rotatable bonds is 6. The van der Waals surface area contributed by atoms with Crippen LogP contribution in [0.15, 0.2) is 43.0 Å². The standard InChI is InChI=1S/C18H15F6N7O2/c1-10(14-27-9-28-31(14)15-25-5-2-6-26-15)29-16(32)30-12-4-3-11(18(22,23)24)7-13(12)33-8-17(19,20)21/h2-7,9-10H,8H2,1H3,(H2,29,30,32). The summed E-state index contributed by atoms with van der Waals surface area (Å²) >= 11 is 0. The fraction of sp³-hybridized carbons (Fsp3) is 0.278. The van der Waals surface area contributed by atoms with Gasteiger partial charge in [0.25, 0.3) is 5.95 Å². The predicted molar refractivity (Wildman–Crippen MR) is 101 cm³/mol. The first-order chi connectivity index (χ1) is 15.4. The predicted octanol–water partition coefficient (Wildman–Crippen LogP) is 3.90. The van der Waals surface area contributed by atoms with Gasteiger partial charge in [0.1, 0.15) is 12.1 Å². The van der Waals surface area contributed by atoms with Gasteiger partial charge in [-0.1, -0.05) is 0 Å². The third-order valence-electron chi connectivity index (χ3n) is 4.00. The van der Waals surface area contributed by atoms with Crippen LogP contribution in [0.1, 0.15) is 24.4 Å². The number of carbonyl (C=O) groups is 1. The molecule has 0 saturated heterocycles. The number of hydrogen-bond acceptors (Lipinski definition) is 6. The van der Waals surface area contributed by atoms with Gasteiger partial charge in [0.2, 0.25) is 0 Å². The van der Waals surface area contributed by atoms with E-state index in [4.69, 9.17) is 0 Å². The number of benzene rings is 1. The van der Waals surface area contributed by atoms with E-state index < -0.39 is 48.0 Å². The van der Waals surface area contributed by atoms with Gasteiger partial charge in [-0.05, 0) is 31.2 Å². The van der Waals surface area contributed by atoms with Crippen LogP contribution in [0.25, 0.3) is 5.95 Å². The molecule has 1 atom stereocenters. The highest BCUT2D eigenvalue weighted by atomic mass is 19.4. The Morgan fingerprint density at radius 1 is 1.12 bits per heavy atom. The second-order valence-electron chi connectivity index (χ2n) is 6.51. The number of nitrogens with one attached hydrogen (secondary N) is 2. The molecule has 3 aromatic rings. The van der Waals surface area contributed by atoms with Crippen LogP contribution in [0.4, 0.5) is 36.8 Å². The number of hydrogen-bond donors (Lipinski definition) is 2. The molecule has 2 N–H and O–H groups in total. The molecule has 9 nitrogen and oxygen atoms in total. The Labute approximate surface area is 181 Å². The Kier molecular flexibility index (Phi) is 6.69. The van der Waals surface area contributed by atoms with E-state index in [1.54, 1.807) is 6.07 Å². The number of anilines is 1. The molecule has 1 aromatic carbocycles. The first-order valence-corrected chi connectivity index (χ1v) is 9.09. The molecule has 1 unspecified atom stereocenters. The van der Waals surface area contributed by atoms with E-state index in [9.17, 15) is 31.1 Å². The first kappa shape index (κ1) is 23.7. The number of ether oxygens (including phenoxy) is 1. The fourth-order valence-electron chi connectivity index (χ4n) is 2.60. The lowest BCUT2D eigenvalue weighted by Gasteiger charge is -2.18. The average molecular weight is 475 g/mol. The molecule has 0 aliphatic heterocycles. The number of carbonyl (C=O) groups excluding carboxylic acids is 1. The summed E-state index contributed by atoms with van der Waals surface area (Å²) in [5.41, 5.74) is -1.64. The number of amides is 2. The van der Waals surface area contributed by atoms with Gasteiger partial charge in [-0.2, -0.15) is 36.1 Å². The molecule has 0 saturated carbocycles. The third-order valence-corrected chi connectivity index (χ3v) is 4.00. The van der Waals surface area contributed by atoms with E-state index in [1.807, 2.05) is 0 Å². The normalized spacial score (nSPS) is 12.8. The van der Waals surface area contributed by atoms with Crippen molar-refractivity contribution in [1.29, 1.82) is 0 Å². The third kappa shape index (κ3) is 6.30. The largest absolute Gasteiger partial charge is 0.482 e. The highest BCUT2D eigenvalue weighted by molar-refractivity contribution is 5.91. The van der Waals surface area contributed by atoms with Gasteiger partial charge in [-0.15, -0.1) is 0 Å². The van der Waals surface area contributed by atoms with E-state index in [0.29, 0.717) is 12.1 Å². The van der Waals surface area contributed by atoms with E-state index in [0.717, 1.165) is 6.07 Å². The van der Waals surface area contributed by atoms with Gasteiger partial charge < -0.3 is 15.4 Å². The van der Waals surface area contributed by atoms with Crippen LogP contribution in [-0.2, 0) is 6.18 Å². The lowest BCUT2D eigenvalue weighted by atomic mass is 10.2. The molecule has 2 aromatic heterocycles. The van der Waals surface area contributed by atoms with Crippen molar-refractivity contribution in [2.45, 2.75) is 25.3 Å². The smallest absolute Gasteiger partial charge is 0.422 e. The van der Waals surface area contributed by atoms with Crippen LogP contribution in [0, 0.1) is 0 Å². The van der Waals surface area contributed by atoms with Gasteiger partial charge >= 0.3 is 18.4 Å². The zero-order valence-electron chi connectivity index (χ0n) is 16.6. The molecule has 0 spiro atoms. The molecular weight excluding hydrogens is 460 g/mol. The molecule has 2 amide bonds. The maximum Gasteiger partial charge on any atom is 0.422 e. The van der Waals surface area contributed by atoms with Crippen LogP contribution in [-0.4, -0.2) is 43.5 Å². The van der Waals surface area contributed by atoms with Gasteiger partial charge in [0.05, 0.1) is 17.3 Å². The quantitative estimate of drug-likeness (QED) is 0.524. The summed E-state index contributed by atoms with van der Waals surface area (Å²) in [5.74, 6) is -0.409. The minimum atomic E-state index is -4.82.